The maximum Gasteiger partial charge on any atom is 0.119 e. The van der Waals surface area contributed by atoms with Crippen molar-refractivity contribution in [3.63, 3.8) is 0 Å². The van der Waals surface area contributed by atoms with Crippen molar-refractivity contribution in [1.82, 2.24) is 0 Å². The summed E-state index contributed by atoms with van der Waals surface area (Å²) in [5.41, 5.74) is 2.94. The monoisotopic (exact) mass is 266 g/mol. The molecule has 0 saturated heterocycles. The lowest BCUT2D eigenvalue weighted by Gasteiger charge is -2.06. The van der Waals surface area contributed by atoms with E-state index >= 15 is 0 Å². The Balaban J connectivity index is 2.05. The Bertz CT molecular complexity index is 621. The van der Waals surface area contributed by atoms with E-state index in [2.05, 4.69) is 11.8 Å². The summed E-state index contributed by atoms with van der Waals surface area (Å²) in [6.07, 6.45) is -0.114. The van der Waals surface area contributed by atoms with Gasteiger partial charge < -0.3 is 9.84 Å². The third-order valence-electron chi connectivity index (χ3n) is 3.14. The van der Waals surface area contributed by atoms with Gasteiger partial charge in [0, 0.05) is 12.0 Å². The van der Waals surface area contributed by atoms with Gasteiger partial charge in [-0.1, -0.05) is 42.2 Å². The van der Waals surface area contributed by atoms with Crippen LogP contribution in [0.5, 0.6) is 5.75 Å². The van der Waals surface area contributed by atoms with E-state index < -0.39 is 6.10 Å². The molecule has 0 aliphatic heterocycles. The van der Waals surface area contributed by atoms with E-state index in [1.165, 1.54) is 0 Å². The SMILES string of the molecule is COc1ccc(C#CCC(O)c2ccccc2)c(C)c1. The van der Waals surface area contributed by atoms with Crippen LogP contribution in [0.1, 0.15) is 29.2 Å². The Labute approximate surface area is 120 Å². The predicted molar refractivity (Wildman–Crippen MR) is 80.6 cm³/mol. The van der Waals surface area contributed by atoms with Crippen molar-refractivity contribution in [2.75, 3.05) is 7.11 Å². The number of aliphatic hydroxyl groups is 1. The highest BCUT2D eigenvalue weighted by Crippen LogP contribution is 2.17. The molecular formula is C18H18O2. The molecule has 0 radical (unpaired) electrons. The molecule has 0 aliphatic rings. The maximum atomic E-state index is 10.0. The fraction of sp³-hybridized carbons (Fsp3) is 0.222. The van der Waals surface area contributed by atoms with Gasteiger partial charge in [0.15, 0.2) is 0 Å². The summed E-state index contributed by atoms with van der Waals surface area (Å²) in [6.45, 7) is 2.00. The lowest BCUT2D eigenvalue weighted by Crippen LogP contribution is -1.95. The normalized spacial score (nSPS) is 11.3. The zero-order valence-electron chi connectivity index (χ0n) is 11.8. The van der Waals surface area contributed by atoms with E-state index in [4.69, 9.17) is 4.74 Å². The molecule has 0 heterocycles. The number of hydrogen-bond donors (Lipinski definition) is 1. The fourth-order valence-electron chi connectivity index (χ4n) is 1.94. The molecule has 0 saturated carbocycles. The number of aliphatic hydroxyl groups excluding tert-OH is 1. The van der Waals surface area contributed by atoms with Crippen LogP contribution in [0.25, 0.3) is 0 Å². The van der Waals surface area contributed by atoms with E-state index in [0.29, 0.717) is 6.42 Å². The Kier molecular flexibility index (Phi) is 4.81. The van der Waals surface area contributed by atoms with Gasteiger partial charge in [-0.3, -0.25) is 0 Å². The van der Waals surface area contributed by atoms with E-state index in [0.717, 1.165) is 22.4 Å². The number of aryl methyl sites for hydroxylation is 1. The van der Waals surface area contributed by atoms with Crippen LogP contribution < -0.4 is 4.74 Å². The minimum absolute atomic E-state index is 0.426. The molecule has 0 aliphatic carbocycles. The van der Waals surface area contributed by atoms with Gasteiger partial charge in [0.2, 0.25) is 0 Å². The number of benzene rings is 2. The van der Waals surface area contributed by atoms with Crippen molar-refractivity contribution in [2.24, 2.45) is 0 Å². The molecule has 102 valence electrons. The molecular weight excluding hydrogens is 248 g/mol. The molecule has 2 nitrogen and oxygen atoms in total. The summed E-state index contributed by atoms with van der Waals surface area (Å²) < 4.78 is 5.16. The molecule has 2 aromatic carbocycles. The van der Waals surface area contributed by atoms with Crippen LogP contribution in [-0.4, -0.2) is 12.2 Å². The fourth-order valence-corrected chi connectivity index (χ4v) is 1.94. The van der Waals surface area contributed by atoms with Gasteiger partial charge in [-0.25, -0.2) is 0 Å². The Hall–Kier alpha value is -2.24. The first-order valence-corrected chi connectivity index (χ1v) is 6.57. The largest absolute Gasteiger partial charge is 0.497 e. The average molecular weight is 266 g/mol. The van der Waals surface area contributed by atoms with E-state index in [1.807, 2.05) is 55.5 Å². The minimum Gasteiger partial charge on any atom is -0.497 e. The Morgan fingerprint density at radius 2 is 1.90 bits per heavy atom. The van der Waals surface area contributed by atoms with Gasteiger partial charge >= 0.3 is 0 Å². The second-order valence-corrected chi connectivity index (χ2v) is 4.61. The number of hydrogen-bond acceptors (Lipinski definition) is 2. The van der Waals surface area contributed by atoms with Crippen molar-refractivity contribution in [3.8, 4) is 17.6 Å². The average Bonchev–Trinajstić information content (AvgIpc) is 2.49. The van der Waals surface area contributed by atoms with Crippen LogP contribution in [-0.2, 0) is 0 Å². The van der Waals surface area contributed by atoms with Crippen molar-refractivity contribution in [3.05, 3.63) is 65.2 Å². The van der Waals surface area contributed by atoms with Crippen molar-refractivity contribution >= 4 is 0 Å². The van der Waals surface area contributed by atoms with Crippen molar-refractivity contribution in [1.29, 1.82) is 0 Å². The van der Waals surface area contributed by atoms with Crippen LogP contribution in [0, 0.1) is 18.8 Å². The van der Waals surface area contributed by atoms with Gasteiger partial charge in [-0.15, -0.1) is 0 Å². The summed E-state index contributed by atoms with van der Waals surface area (Å²) in [4.78, 5) is 0. The lowest BCUT2D eigenvalue weighted by atomic mass is 10.1. The van der Waals surface area contributed by atoms with Gasteiger partial charge in [0.05, 0.1) is 13.2 Å². The van der Waals surface area contributed by atoms with Crippen LogP contribution in [0.3, 0.4) is 0 Å². The maximum absolute atomic E-state index is 10.0. The molecule has 0 fully saturated rings. The van der Waals surface area contributed by atoms with Crippen LogP contribution in [0.4, 0.5) is 0 Å². The van der Waals surface area contributed by atoms with Crippen LogP contribution in [0.15, 0.2) is 48.5 Å². The molecule has 0 amide bonds. The summed E-state index contributed by atoms with van der Waals surface area (Å²) in [5, 5.41) is 10.0. The summed E-state index contributed by atoms with van der Waals surface area (Å²) >= 11 is 0. The van der Waals surface area contributed by atoms with E-state index in [9.17, 15) is 5.11 Å². The zero-order valence-corrected chi connectivity index (χ0v) is 11.8. The topological polar surface area (TPSA) is 29.5 Å². The Morgan fingerprint density at radius 3 is 2.55 bits per heavy atom. The molecule has 0 spiro atoms. The van der Waals surface area contributed by atoms with Gasteiger partial charge in [-0.05, 0) is 36.2 Å². The molecule has 2 heteroatoms. The highest BCUT2D eigenvalue weighted by atomic mass is 16.5. The van der Waals surface area contributed by atoms with Gasteiger partial charge in [0.1, 0.15) is 5.75 Å². The number of ether oxygens (including phenoxy) is 1. The Morgan fingerprint density at radius 1 is 1.15 bits per heavy atom. The standard InChI is InChI=1S/C18H18O2/c1-14-13-17(20-2)12-11-15(14)9-6-10-18(19)16-7-4-3-5-8-16/h3-5,7-8,11-13,18-19H,10H2,1-2H3. The highest BCUT2D eigenvalue weighted by Gasteiger charge is 2.04. The molecule has 2 rings (SSSR count). The van der Waals surface area contributed by atoms with Crippen LogP contribution >= 0.6 is 0 Å². The molecule has 0 bridgehead atoms. The minimum atomic E-state index is -0.540. The third kappa shape index (κ3) is 3.63. The molecule has 1 unspecified atom stereocenters. The van der Waals surface area contributed by atoms with Crippen molar-refractivity contribution < 1.29 is 9.84 Å². The zero-order chi connectivity index (χ0) is 14.4. The second kappa shape index (κ2) is 6.79. The molecule has 1 atom stereocenters. The smallest absolute Gasteiger partial charge is 0.119 e. The quantitative estimate of drug-likeness (QED) is 0.862. The third-order valence-corrected chi connectivity index (χ3v) is 3.14. The number of rotatable bonds is 3. The lowest BCUT2D eigenvalue weighted by molar-refractivity contribution is 0.184. The van der Waals surface area contributed by atoms with Crippen LogP contribution in [0.2, 0.25) is 0 Å². The molecule has 2 aromatic rings. The molecule has 0 aromatic heterocycles. The van der Waals surface area contributed by atoms with E-state index in [1.54, 1.807) is 7.11 Å². The first-order chi connectivity index (χ1) is 9.70. The first kappa shape index (κ1) is 14.2. The number of methoxy groups -OCH3 is 1. The summed E-state index contributed by atoms with van der Waals surface area (Å²) in [7, 11) is 1.65. The van der Waals surface area contributed by atoms with Crippen molar-refractivity contribution in [2.45, 2.75) is 19.4 Å². The molecule has 1 N–H and O–H groups in total. The summed E-state index contributed by atoms with van der Waals surface area (Å²) in [5.74, 6) is 6.97. The van der Waals surface area contributed by atoms with E-state index in [-0.39, 0.29) is 0 Å². The predicted octanol–water partition coefficient (Wildman–Crippen LogP) is 3.48. The first-order valence-electron chi connectivity index (χ1n) is 6.57. The highest BCUT2D eigenvalue weighted by molar-refractivity contribution is 5.44. The second-order valence-electron chi connectivity index (χ2n) is 4.61. The summed E-state index contributed by atoms with van der Waals surface area (Å²) in [6, 6.07) is 15.4. The molecule has 20 heavy (non-hydrogen) atoms. The van der Waals surface area contributed by atoms with Gasteiger partial charge in [-0.2, -0.15) is 0 Å². The van der Waals surface area contributed by atoms with Gasteiger partial charge in [0.25, 0.3) is 0 Å².